The van der Waals surface area contributed by atoms with Crippen LogP contribution in [0.5, 0.6) is 5.88 Å². The summed E-state index contributed by atoms with van der Waals surface area (Å²) in [5.41, 5.74) is 2.59. The molecule has 3 heterocycles. The first kappa shape index (κ1) is 14.2. The number of anilines is 1. The maximum absolute atomic E-state index is 5.88. The van der Waals surface area contributed by atoms with E-state index in [9.17, 15) is 0 Å². The molecule has 2 aliphatic heterocycles. The Kier molecular flexibility index (Phi) is 3.52. The van der Waals surface area contributed by atoms with E-state index >= 15 is 0 Å². The third-order valence-electron chi connectivity index (χ3n) is 4.35. The van der Waals surface area contributed by atoms with Crippen molar-refractivity contribution in [1.82, 2.24) is 14.9 Å². The molecule has 1 saturated heterocycles. The molecular formula is C17H21N5O. The Balaban J connectivity index is 1.73. The van der Waals surface area contributed by atoms with E-state index in [0.717, 1.165) is 29.1 Å². The van der Waals surface area contributed by atoms with Gasteiger partial charge >= 0.3 is 0 Å². The quantitative estimate of drug-likeness (QED) is 0.630. The third kappa shape index (κ3) is 2.69. The first-order valence-corrected chi connectivity index (χ1v) is 8.12. The number of benzene rings is 1. The van der Waals surface area contributed by atoms with Gasteiger partial charge in [-0.25, -0.2) is 15.0 Å². The summed E-state index contributed by atoms with van der Waals surface area (Å²) in [5, 5.41) is 0. The zero-order valence-corrected chi connectivity index (χ0v) is 13.6. The number of piperidine rings is 1. The Hall–Kier alpha value is -2.37. The highest BCUT2D eigenvalue weighted by Crippen LogP contribution is 2.36. The lowest BCUT2D eigenvalue weighted by molar-refractivity contribution is 0.230. The van der Waals surface area contributed by atoms with E-state index in [4.69, 9.17) is 9.72 Å². The Bertz CT molecular complexity index is 758. The Labute approximate surface area is 135 Å². The van der Waals surface area contributed by atoms with Crippen LogP contribution in [0.25, 0.3) is 11.0 Å². The van der Waals surface area contributed by atoms with E-state index in [1.54, 1.807) is 6.34 Å². The zero-order valence-electron chi connectivity index (χ0n) is 13.6. The molecule has 0 N–H and O–H groups in total. The lowest BCUT2D eigenvalue weighted by Gasteiger charge is -2.40. The van der Waals surface area contributed by atoms with Gasteiger partial charge in [-0.3, -0.25) is 0 Å². The molecule has 0 aliphatic carbocycles. The van der Waals surface area contributed by atoms with E-state index in [0.29, 0.717) is 18.5 Å². The predicted molar refractivity (Wildman–Crippen MR) is 91.9 cm³/mol. The predicted octanol–water partition coefficient (Wildman–Crippen LogP) is 2.60. The van der Waals surface area contributed by atoms with Gasteiger partial charge in [0.1, 0.15) is 6.61 Å². The summed E-state index contributed by atoms with van der Waals surface area (Å²) in [6, 6.07) is 6.36. The van der Waals surface area contributed by atoms with Crippen LogP contribution in [0, 0.1) is 0 Å². The molecule has 2 aliphatic rings. The molecule has 6 heteroatoms. The van der Waals surface area contributed by atoms with Gasteiger partial charge < -0.3 is 14.5 Å². The Morgan fingerprint density at radius 2 is 2.17 bits per heavy atom. The monoisotopic (exact) mass is 311 g/mol. The number of fused-ring (bicyclic) bond motifs is 4. The molecule has 0 radical (unpaired) electrons. The van der Waals surface area contributed by atoms with Gasteiger partial charge in [-0.05, 0) is 37.5 Å². The minimum atomic E-state index is 0.451. The molecule has 0 amide bonds. The summed E-state index contributed by atoms with van der Waals surface area (Å²) >= 11 is 0. The fourth-order valence-corrected chi connectivity index (χ4v) is 3.19. The van der Waals surface area contributed by atoms with Gasteiger partial charge in [0.05, 0.1) is 29.1 Å². The average molecular weight is 311 g/mol. The molecule has 1 fully saturated rings. The molecule has 1 atom stereocenters. The first-order chi connectivity index (χ1) is 11.2. The van der Waals surface area contributed by atoms with Crippen LogP contribution >= 0.6 is 0 Å². The molecule has 1 aromatic heterocycles. The lowest BCUT2D eigenvalue weighted by Crippen LogP contribution is -2.46. The molecule has 1 unspecified atom stereocenters. The number of aromatic nitrogens is 2. The molecule has 0 spiro atoms. The number of aliphatic imine (C=N–C) groups is 1. The number of rotatable bonds is 2. The van der Waals surface area contributed by atoms with Crippen molar-refractivity contribution >= 4 is 28.9 Å². The van der Waals surface area contributed by atoms with Crippen molar-refractivity contribution in [2.45, 2.75) is 25.3 Å². The highest BCUT2D eigenvalue weighted by molar-refractivity contribution is 5.81. The fourth-order valence-electron chi connectivity index (χ4n) is 3.19. The summed E-state index contributed by atoms with van der Waals surface area (Å²) in [6.45, 7) is 1.76. The van der Waals surface area contributed by atoms with Gasteiger partial charge in [0.25, 0.3) is 5.88 Å². The van der Waals surface area contributed by atoms with Crippen LogP contribution in [0.3, 0.4) is 0 Å². The minimum Gasteiger partial charge on any atom is -0.473 e. The fraction of sp³-hybridized carbons (Fsp3) is 0.471. The van der Waals surface area contributed by atoms with Crippen molar-refractivity contribution in [2.75, 3.05) is 32.1 Å². The molecule has 120 valence electrons. The second-order valence-corrected chi connectivity index (χ2v) is 6.39. The lowest BCUT2D eigenvalue weighted by atomic mass is 10.0. The van der Waals surface area contributed by atoms with E-state index in [-0.39, 0.29) is 0 Å². The number of nitrogens with zero attached hydrogens (tertiary/aromatic N) is 5. The van der Waals surface area contributed by atoms with E-state index in [2.05, 4.69) is 14.9 Å². The van der Waals surface area contributed by atoms with E-state index in [1.807, 2.05) is 37.2 Å². The Morgan fingerprint density at radius 3 is 3.04 bits per heavy atom. The third-order valence-corrected chi connectivity index (χ3v) is 4.35. The van der Waals surface area contributed by atoms with Crippen molar-refractivity contribution in [1.29, 1.82) is 0 Å². The summed E-state index contributed by atoms with van der Waals surface area (Å²) in [6.07, 6.45) is 5.45. The summed E-state index contributed by atoms with van der Waals surface area (Å²) < 4.78 is 5.88. The second kappa shape index (κ2) is 5.68. The topological polar surface area (TPSA) is 53.9 Å². The Morgan fingerprint density at radius 1 is 1.26 bits per heavy atom. The maximum atomic E-state index is 5.88. The minimum absolute atomic E-state index is 0.451. The van der Waals surface area contributed by atoms with Gasteiger partial charge in [-0.2, -0.15) is 0 Å². The van der Waals surface area contributed by atoms with Crippen LogP contribution in [0.2, 0.25) is 0 Å². The molecular weight excluding hydrogens is 290 g/mol. The zero-order chi connectivity index (χ0) is 15.8. The van der Waals surface area contributed by atoms with Crippen molar-refractivity contribution in [2.24, 2.45) is 4.99 Å². The van der Waals surface area contributed by atoms with Crippen LogP contribution in [-0.2, 0) is 0 Å². The molecule has 4 rings (SSSR count). The van der Waals surface area contributed by atoms with Crippen LogP contribution in [0.15, 0.2) is 23.2 Å². The molecule has 2 aromatic rings. The van der Waals surface area contributed by atoms with Gasteiger partial charge in [-0.15, -0.1) is 0 Å². The molecule has 0 saturated carbocycles. The van der Waals surface area contributed by atoms with Crippen molar-refractivity contribution in [3.8, 4) is 5.88 Å². The largest absolute Gasteiger partial charge is 0.473 e. The highest BCUT2D eigenvalue weighted by atomic mass is 16.5. The van der Waals surface area contributed by atoms with Gasteiger partial charge in [0, 0.05) is 20.6 Å². The number of hydrogen-bond acceptors (Lipinski definition) is 5. The first-order valence-electron chi connectivity index (χ1n) is 8.12. The normalized spacial score (nSPS) is 20.3. The number of hydrogen-bond donors (Lipinski definition) is 0. The standard InChI is InChI=1S/C17H21N5O/c1-21(2)11-18-12-6-7-14-15(9-12)20-17-16(19-14)22-8-4-3-5-13(22)10-23-17/h6-7,9,11,13H,3-5,8,10H2,1-2H3/b18-11-. The highest BCUT2D eigenvalue weighted by Gasteiger charge is 2.32. The van der Waals surface area contributed by atoms with Crippen LogP contribution in [0.1, 0.15) is 19.3 Å². The van der Waals surface area contributed by atoms with E-state index in [1.165, 1.54) is 19.3 Å². The second-order valence-electron chi connectivity index (χ2n) is 6.39. The van der Waals surface area contributed by atoms with Crippen LogP contribution in [0.4, 0.5) is 11.5 Å². The molecule has 0 bridgehead atoms. The van der Waals surface area contributed by atoms with Crippen molar-refractivity contribution in [3.63, 3.8) is 0 Å². The maximum Gasteiger partial charge on any atom is 0.258 e. The number of ether oxygens (including phenoxy) is 1. The molecule has 6 nitrogen and oxygen atoms in total. The smallest absolute Gasteiger partial charge is 0.258 e. The van der Waals surface area contributed by atoms with Crippen molar-refractivity contribution in [3.05, 3.63) is 18.2 Å². The SMILES string of the molecule is CN(C)/C=N\c1ccc2nc3c(nc2c1)OCC1CCCCN31. The van der Waals surface area contributed by atoms with Crippen molar-refractivity contribution < 1.29 is 4.74 Å². The van der Waals surface area contributed by atoms with Gasteiger partial charge in [0.2, 0.25) is 0 Å². The van der Waals surface area contributed by atoms with Crippen LogP contribution < -0.4 is 9.64 Å². The van der Waals surface area contributed by atoms with Crippen LogP contribution in [-0.4, -0.2) is 54.5 Å². The van der Waals surface area contributed by atoms with E-state index < -0.39 is 0 Å². The summed E-state index contributed by atoms with van der Waals surface area (Å²) in [5.74, 6) is 1.56. The average Bonchev–Trinajstić information content (AvgIpc) is 2.58. The van der Waals surface area contributed by atoms with Gasteiger partial charge in [0.15, 0.2) is 5.82 Å². The molecule has 1 aromatic carbocycles. The van der Waals surface area contributed by atoms with Gasteiger partial charge in [-0.1, -0.05) is 0 Å². The summed E-state index contributed by atoms with van der Waals surface area (Å²) in [7, 11) is 3.90. The molecule has 23 heavy (non-hydrogen) atoms. The summed E-state index contributed by atoms with van der Waals surface area (Å²) in [4.78, 5) is 18.2.